The van der Waals surface area contributed by atoms with Gasteiger partial charge in [0.25, 0.3) is 0 Å². The molecule has 0 unspecified atom stereocenters. The summed E-state index contributed by atoms with van der Waals surface area (Å²) in [5, 5.41) is 0. The number of unbranched alkanes of at least 4 members (excludes halogenated alkanes) is 7. The van der Waals surface area contributed by atoms with E-state index in [1.165, 1.54) is 89.0 Å². The molecule has 0 saturated heterocycles. The molecular weight excluding hydrogens is 408 g/mol. The highest BCUT2D eigenvalue weighted by Gasteiger charge is 2.21. The van der Waals surface area contributed by atoms with Crippen molar-refractivity contribution in [3.8, 4) is 23.7 Å². The van der Waals surface area contributed by atoms with Gasteiger partial charge >= 0.3 is 0 Å². The smallest absolute Gasteiger partial charge is 0.0249 e. The van der Waals surface area contributed by atoms with Crippen molar-refractivity contribution in [2.45, 2.75) is 110 Å². The minimum Gasteiger partial charge on any atom is -0.0979 e. The highest BCUT2D eigenvalue weighted by Crippen LogP contribution is 2.37. The number of hydrogen-bond donors (Lipinski definition) is 0. The maximum Gasteiger partial charge on any atom is 0.0249 e. The molecule has 1 saturated carbocycles. The third-order valence-corrected chi connectivity index (χ3v) is 7.32. The van der Waals surface area contributed by atoms with E-state index in [2.05, 4.69) is 86.1 Å². The molecule has 1 aliphatic carbocycles. The molecule has 2 aromatic rings. The molecule has 34 heavy (non-hydrogen) atoms. The van der Waals surface area contributed by atoms with E-state index >= 15 is 0 Å². The maximum absolute atomic E-state index is 3.34. The van der Waals surface area contributed by atoms with E-state index in [0.29, 0.717) is 0 Å². The molecule has 0 amide bonds. The zero-order chi connectivity index (χ0) is 23.8. The second-order valence-electron chi connectivity index (χ2n) is 10.1. The van der Waals surface area contributed by atoms with Crippen molar-refractivity contribution in [1.82, 2.24) is 0 Å². The maximum atomic E-state index is 3.34. The van der Waals surface area contributed by atoms with Gasteiger partial charge in [0.2, 0.25) is 0 Å². The van der Waals surface area contributed by atoms with Crippen molar-refractivity contribution < 1.29 is 0 Å². The Morgan fingerprint density at radius 2 is 1.12 bits per heavy atom. The van der Waals surface area contributed by atoms with Gasteiger partial charge < -0.3 is 0 Å². The first kappa shape index (κ1) is 26.2. The lowest BCUT2D eigenvalue weighted by molar-refractivity contribution is 0.303. The second-order valence-corrected chi connectivity index (χ2v) is 10.1. The Morgan fingerprint density at radius 1 is 0.588 bits per heavy atom. The summed E-state index contributed by atoms with van der Waals surface area (Å²) in [4.78, 5) is 0. The van der Waals surface area contributed by atoms with E-state index in [0.717, 1.165) is 34.9 Å². The fourth-order valence-electron chi connectivity index (χ4n) is 5.07. The number of benzene rings is 2. The van der Waals surface area contributed by atoms with Crippen LogP contribution < -0.4 is 0 Å². The molecule has 0 radical (unpaired) electrons. The summed E-state index contributed by atoms with van der Waals surface area (Å²) in [6, 6.07) is 17.4. The minimum absolute atomic E-state index is 0.745. The van der Waals surface area contributed by atoms with Gasteiger partial charge in [-0.1, -0.05) is 101 Å². The third kappa shape index (κ3) is 9.43. The van der Waals surface area contributed by atoms with Crippen LogP contribution in [-0.2, 0) is 0 Å². The Labute approximate surface area is 210 Å². The highest BCUT2D eigenvalue weighted by atomic mass is 14.3. The summed E-state index contributed by atoms with van der Waals surface area (Å²) in [7, 11) is 0. The normalized spacial score (nSPS) is 17.4. The molecule has 0 bridgehead atoms. The molecule has 0 heteroatoms. The van der Waals surface area contributed by atoms with Crippen LogP contribution in [0.15, 0.2) is 48.5 Å². The number of rotatable bonds is 10. The fourth-order valence-corrected chi connectivity index (χ4v) is 5.07. The van der Waals surface area contributed by atoms with E-state index in [4.69, 9.17) is 0 Å². The SMILES string of the molecule is CCCCCCCC#Cc1ccc(C#Cc2ccc(C3CCC(CCCCC)CC3)cc2)cc1. The molecule has 0 aliphatic heterocycles. The molecular formula is C34H44. The quantitative estimate of drug-likeness (QED) is 0.248. The topological polar surface area (TPSA) is 0 Å². The summed E-state index contributed by atoms with van der Waals surface area (Å²) in [6.07, 6.45) is 18.7. The van der Waals surface area contributed by atoms with Crippen LogP contribution in [0.4, 0.5) is 0 Å². The first-order valence-corrected chi connectivity index (χ1v) is 14.0. The van der Waals surface area contributed by atoms with Crippen molar-refractivity contribution in [2.75, 3.05) is 0 Å². The van der Waals surface area contributed by atoms with E-state index in [-0.39, 0.29) is 0 Å². The van der Waals surface area contributed by atoms with Gasteiger partial charge in [-0.05, 0) is 85.9 Å². The van der Waals surface area contributed by atoms with Crippen LogP contribution in [0.25, 0.3) is 0 Å². The molecule has 1 fully saturated rings. The summed E-state index contributed by atoms with van der Waals surface area (Å²) in [6.45, 7) is 4.56. The van der Waals surface area contributed by atoms with Gasteiger partial charge in [0.15, 0.2) is 0 Å². The van der Waals surface area contributed by atoms with Crippen molar-refractivity contribution in [2.24, 2.45) is 5.92 Å². The molecule has 0 atom stereocenters. The Hall–Kier alpha value is -2.44. The van der Waals surface area contributed by atoms with Crippen LogP contribution >= 0.6 is 0 Å². The van der Waals surface area contributed by atoms with Gasteiger partial charge in [-0.3, -0.25) is 0 Å². The third-order valence-electron chi connectivity index (χ3n) is 7.32. The average Bonchev–Trinajstić information content (AvgIpc) is 2.88. The minimum atomic E-state index is 0.745. The average molecular weight is 453 g/mol. The summed E-state index contributed by atoms with van der Waals surface area (Å²) >= 11 is 0. The highest BCUT2D eigenvalue weighted by molar-refractivity contribution is 5.46. The van der Waals surface area contributed by atoms with Crippen LogP contribution in [-0.4, -0.2) is 0 Å². The Bertz CT molecular complexity index is 932. The molecule has 0 aromatic heterocycles. The molecule has 3 rings (SSSR count). The van der Waals surface area contributed by atoms with Gasteiger partial charge in [-0.2, -0.15) is 0 Å². The van der Waals surface area contributed by atoms with Gasteiger partial charge in [0.1, 0.15) is 0 Å². The van der Waals surface area contributed by atoms with E-state index in [1.807, 2.05) is 0 Å². The number of hydrogen-bond acceptors (Lipinski definition) is 0. The van der Waals surface area contributed by atoms with Gasteiger partial charge in [0, 0.05) is 23.1 Å². The monoisotopic (exact) mass is 452 g/mol. The predicted molar refractivity (Wildman–Crippen MR) is 148 cm³/mol. The summed E-state index contributed by atoms with van der Waals surface area (Å²) in [5.41, 5.74) is 4.74. The van der Waals surface area contributed by atoms with Crippen LogP contribution in [0, 0.1) is 29.6 Å². The van der Waals surface area contributed by atoms with Gasteiger partial charge in [-0.15, -0.1) is 0 Å². The molecule has 0 N–H and O–H groups in total. The van der Waals surface area contributed by atoms with Crippen molar-refractivity contribution in [3.63, 3.8) is 0 Å². The molecule has 0 spiro atoms. The van der Waals surface area contributed by atoms with Crippen molar-refractivity contribution >= 4 is 0 Å². The molecule has 1 aliphatic rings. The summed E-state index contributed by atoms with van der Waals surface area (Å²) < 4.78 is 0. The molecule has 2 aromatic carbocycles. The molecule has 180 valence electrons. The Morgan fingerprint density at radius 3 is 1.74 bits per heavy atom. The van der Waals surface area contributed by atoms with Crippen LogP contribution in [0.2, 0.25) is 0 Å². The predicted octanol–water partition coefficient (Wildman–Crippen LogP) is 9.65. The Balaban J connectivity index is 1.44. The van der Waals surface area contributed by atoms with E-state index in [1.54, 1.807) is 0 Å². The molecule has 0 heterocycles. The first-order valence-electron chi connectivity index (χ1n) is 14.0. The zero-order valence-electron chi connectivity index (χ0n) is 21.7. The standard InChI is InChI=1S/C34H44/c1-3-5-7-8-9-10-12-14-29-15-17-31(18-16-29)19-20-32-23-27-34(28-24-32)33-25-21-30(22-26-33)13-11-6-4-2/h15-18,23-24,27-28,30,33H,3-11,13,21-22,25-26H2,1-2H3. The van der Waals surface area contributed by atoms with Gasteiger partial charge in [-0.25, -0.2) is 0 Å². The van der Waals surface area contributed by atoms with Crippen LogP contribution in [0.5, 0.6) is 0 Å². The van der Waals surface area contributed by atoms with E-state index < -0.39 is 0 Å². The Kier molecular flexibility index (Phi) is 11.9. The first-order chi connectivity index (χ1) is 16.8. The second kappa shape index (κ2) is 15.5. The van der Waals surface area contributed by atoms with E-state index in [9.17, 15) is 0 Å². The fraction of sp³-hybridized carbons (Fsp3) is 0.529. The summed E-state index contributed by atoms with van der Waals surface area (Å²) in [5.74, 6) is 15.0. The lowest BCUT2D eigenvalue weighted by Crippen LogP contribution is -2.13. The largest absolute Gasteiger partial charge is 0.0979 e. The zero-order valence-corrected chi connectivity index (χ0v) is 21.7. The molecule has 0 nitrogen and oxygen atoms in total. The van der Waals surface area contributed by atoms with Crippen molar-refractivity contribution in [1.29, 1.82) is 0 Å². The lowest BCUT2D eigenvalue weighted by Gasteiger charge is -2.29. The lowest BCUT2D eigenvalue weighted by atomic mass is 9.77. The van der Waals surface area contributed by atoms with Gasteiger partial charge in [0.05, 0.1) is 0 Å². The van der Waals surface area contributed by atoms with Crippen LogP contribution in [0.3, 0.4) is 0 Å². The van der Waals surface area contributed by atoms with Crippen molar-refractivity contribution in [3.05, 3.63) is 70.8 Å². The van der Waals surface area contributed by atoms with Crippen LogP contribution in [0.1, 0.15) is 132 Å².